The fourth-order valence-corrected chi connectivity index (χ4v) is 3.09. The molecule has 1 amide bonds. The number of anilines is 1. The highest BCUT2D eigenvalue weighted by Gasteiger charge is 2.16. The monoisotopic (exact) mass is 381 g/mol. The van der Waals surface area contributed by atoms with E-state index in [9.17, 15) is 4.79 Å². The zero-order valence-corrected chi connectivity index (χ0v) is 15.9. The second-order valence-corrected chi connectivity index (χ2v) is 6.37. The molecule has 0 radical (unpaired) electrons. The van der Waals surface area contributed by atoms with E-state index in [1.54, 1.807) is 12.1 Å². The zero-order valence-electron chi connectivity index (χ0n) is 15.2. The van der Waals surface area contributed by atoms with Gasteiger partial charge in [0.2, 0.25) is 0 Å². The van der Waals surface area contributed by atoms with Gasteiger partial charge in [-0.3, -0.25) is 4.79 Å². The molecule has 4 nitrogen and oxygen atoms in total. The summed E-state index contributed by atoms with van der Waals surface area (Å²) in [6.45, 7) is 0. The minimum absolute atomic E-state index is 0.218. The van der Waals surface area contributed by atoms with Gasteiger partial charge in [-0.1, -0.05) is 60.1 Å². The lowest BCUT2D eigenvalue weighted by Gasteiger charge is -2.14. The first kappa shape index (κ1) is 18.8. The molecule has 0 aliphatic rings. The summed E-state index contributed by atoms with van der Waals surface area (Å²) in [6, 6.07) is 20.9. The lowest BCUT2D eigenvalue weighted by molar-refractivity contribution is 0.102. The highest BCUT2D eigenvalue weighted by molar-refractivity contribution is 6.32. The van der Waals surface area contributed by atoms with E-state index in [4.69, 9.17) is 21.1 Å². The van der Waals surface area contributed by atoms with Gasteiger partial charge in [-0.15, -0.1) is 0 Å². The predicted molar refractivity (Wildman–Crippen MR) is 108 cm³/mol. The molecule has 1 N–H and O–H groups in total. The Balaban J connectivity index is 1.89. The molecule has 138 valence electrons. The van der Waals surface area contributed by atoms with E-state index in [1.807, 2.05) is 54.6 Å². The van der Waals surface area contributed by atoms with Crippen molar-refractivity contribution in [3.8, 4) is 11.5 Å². The number of hydrogen-bond acceptors (Lipinski definition) is 3. The minimum Gasteiger partial charge on any atom is -0.495 e. The van der Waals surface area contributed by atoms with Crippen molar-refractivity contribution in [1.82, 2.24) is 0 Å². The molecule has 0 aromatic heterocycles. The van der Waals surface area contributed by atoms with Crippen LogP contribution in [-0.2, 0) is 6.42 Å². The van der Waals surface area contributed by atoms with Crippen LogP contribution >= 0.6 is 11.6 Å². The summed E-state index contributed by atoms with van der Waals surface area (Å²) in [5.41, 5.74) is 3.19. The number of nitrogens with one attached hydrogen (secondary N) is 1. The Morgan fingerprint density at radius 1 is 0.926 bits per heavy atom. The molecule has 3 rings (SSSR count). The third-order valence-corrected chi connectivity index (χ3v) is 4.52. The minimum atomic E-state index is -0.218. The normalized spacial score (nSPS) is 10.3. The van der Waals surface area contributed by atoms with Crippen molar-refractivity contribution >= 4 is 23.2 Å². The van der Waals surface area contributed by atoms with Crippen molar-refractivity contribution in [1.29, 1.82) is 0 Å². The van der Waals surface area contributed by atoms with E-state index in [0.717, 1.165) is 11.1 Å². The Morgan fingerprint density at radius 2 is 1.59 bits per heavy atom. The van der Waals surface area contributed by atoms with Crippen LogP contribution in [0.3, 0.4) is 0 Å². The van der Waals surface area contributed by atoms with Gasteiger partial charge in [-0.2, -0.15) is 0 Å². The van der Waals surface area contributed by atoms with Crippen molar-refractivity contribution < 1.29 is 14.3 Å². The number of carbonyl (C=O) groups excluding carboxylic acids is 1. The van der Waals surface area contributed by atoms with Crippen LogP contribution in [0.1, 0.15) is 21.5 Å². The summed E-state index contributed by atoms with van der Waals surface area (Å²) in [6.07, 6.45) is 0.672. The average molecular weight is 382 g/mol. The number of carbonyl (C=O) groups is 1. The van der Waals surface area contributed by atoms with Gasteiger partial charge in [0.1, 0.15) is 11.5 Å². The number of methoxy groups -OCH3 is 2. The molecule has 3 aromatic carbocycles. The second kappa shape index (κ2) is 8.60. The largest absolute Gasteiger partial charge is 0.495 e. The van der Waals surface area contributed by atoms with Crippen LogP contribution in [-0.4, -0.2) is 20.1 Å². The lowest BCUT2D eigenvalue weighted by atomic mass is 9.99. The van der Waals surface area contributed by atoms with Crippen LogP contribution in [0, 0.1) is 0 Å². The Kier molecular flexibility index (Phi) is 5.99. The van der Waals surface area contributed by atoms with Crippen LogP contribution in [0.5, 0.6) is 11.5 Å². The summed E-state index contributed by atoms with van der Waals surface area (Å²) in [5.74, 6) is 0.712. The van der Waals surface area contributed by atoms with E-state index in [-0.39, 0.29) is 5.91 Å². The highest BCUT2D eigenvalue weighted by atomic mass is 35.5. The first-order valence-electron chi connectivity index (χ1n) is 8.47. The van der Waals surface area contributed by atoms with Crippen LogP contribution in [0.15, 0.2) is 66.7 Å². The first-order valence-corrected chi connectivity index (χ1v) is 8.85. The summed E-state index contributed by atoms with van der Waals surface area (Å²) >= 11 is 6.13. The van der Waals surface area contributed by atoms with Crippen molar-refractivity contribution in [2.45, 2.75) is 6.42 Å². The van der Waals surface area contributed by atoms with E-state index < -0.39 is 0 Å². The van der Waals surface area contributed by atoms with Gasteiger partial charge < -0.3 is 14.8 Å². The molecule has 0 aliphatic carbocycles. The molecule has 0 saturated heterocycles. The van der Waals surface area contributed by atoms with E-state index in [2.05, 4.69) is 5.32 Å². The molecule has 0 aliphatic heterocycles. The number of amides is 1. The molecule has 0 saturated carbocycles. The zero-order chi connectivity index (χ0) is 19.2. The van der Waals surface area contributed by atoms with Gasteiger partial charge >= 0.3 is 0 Å². The number of rotatable bonds is 6. The smallest absolute Gasteiger partial charge is 0.256 e. The average Bonchev–Trinajstić information content (AvgIpc) is 2.70. The molecule has 0 unspecified atom stereocenters. The maximum absolute atomic E-state index is 12.9. The van der Waals surface area contributed by atoms with Crippen LogP contribution in [0.25, 0.3) is 0 Å². The predicted octanol–water partition coefficient (Wildman–Crippen LogP) is 5.20. The van der Waals surface area contributed by atoms with Crippen molar-refractivity contribution in [3.63, 3.8) is 0 Å². The topological polar surface area (TPSA) is 47.6 Å². The van der Waals surface area contributed by atoms with Crippen molar-refractivity contribution in [2.75, 3.05) is 19.5 Å². The molecule has 3 aromatic rings. The second-order valence-electron chi connectivity index (χ2n) is 5.96. The number of hydrogen-bond donors (Lipinski definition) is 1. The summed E-state index contributed by atoms with van der Waals surface area (Å²) < 4.78 is 10.6. The van der Waals surface area contributed by atoms with E-state index in [0.29, 0.717) is 34.2 Å². The Bertz CT molecular complexity index is 942. The van der Waals surface area contributed by atoms with Gasteiger partial charge in [0.25, 0.3) is 5.91 Å². The standard InChI is InChI=1S/C22H20ClNO3/c1-26-20-14-19(21(27-2)13-18(20)23)24-22(25)17-11-7-6-10-16(17)12-15-8-4-3-5-9-15/h3-11,13-14H,12H2,1-2H3,(H,24,25). The molecule has 0 fully saturated rings. The van der Waals surface area contributed by atoms with E-state index in [1.165, 1.54) is 14.2 Å². The molecule has 0 atom stereocenters. The Hall–Kier alpha value is -2.98. The fraction of sp³-hybridized carbons (Fsp3) is 0.136. The fourth-order valence-electron chi connectivity index (χ4n) is 2.86. The van der Waals surface area contributed by atoms with Crippen molar-refractivity contribution in [2.24, 2.45) is 0 Å². The molecule has 0 bridgehead atoms. The van der Waals surface area contributed by atoms with E-state index >= 15 is 0 Å². The number of halogens is 1. The molecule has 0 heterocycles. The summed E-state index contributed by atoms with van der Waals surface area (Å²) in [4.78, 5) is 12.9. The maximum Gasteiger partial charge on any atom is 0.256 e. The Labute approximate surface area is 163 Å². The molecule has 0 spiro atoms. The van der Waals surface area contributed by atoms with Gasteiger partial charge in [0.05, 0.1) is 24.9 Å². The van der Waals surface area contributed by atoms with Gasteiger partial charge in [-0.25, -0.2) is 0 Å². The first-order chi connectivity index (χ1) is 13.1. The van der Waals surface area contributed by atoms with Gasteiger partial charge in [0, 0.05) is 17.7 Å². The third kappa shape index (κ3) is 4.41. The highest BCUT2D eigenvalue weighted by Crippen LogP contribution is 2.36. The summed E-state index contributed by atoms with van der Waals surface area (Å²) in [7, 11) is 3.05. The lowest BCUT2D eigenvalue weighted by Crippen LogP contribution is -2.15. The summed E-state index contributed by atoms with van der Waals surface area (Å²) in [5, 5.41) is 3.32. The van der Waals surface area contributed by atoms with Crippen LogP contribution < -0.4 is 14.8 Å². The van der Waals surface area contributed by atoms with Crippen LogP contribution in [0.2, 0.25) is 5.02 Å². The van der Waals surface area contributed by atoms with Gasteiger partial charge in [0.15, 0.2) is 0 Å². The molecular formula is C22H20ClNO3. The molecular weight excluding hydrogens is 362 g/mol. The SMILES string of the molecule is COc1cc(NC(=O)c2ccccc2Cc2ccccc2)c(OC)cc1Cl. The third-order valence-electron chi connectivity index (χ3n) is 4.22. The maximum atomic E-state index is 12.9. The molecule has 27 heavy (non-hydrogen) atoms. The van der Waals surface area contributed by atoms with Crippen molar-refractivity contribution in [3.05, 3.63) is 88.4 Å². The van der Waals surface area contributed by atoms with Gasteiger partial charge in [-0.05, 0) is 23.6 Å². The quantitative estimate of drug-likeness (QED) is 0.638. The Morgan fingerprint density at radius 3 is 2.30 bits per heavy atom. The molecule has 5 heteroatoms. The number of ether oxygens (including phenoxy) is 2. The van der Waals surface area contributed by atoms with Crippen LogP contribution in [0.4, 0.5) is 5.69 Å². The number of benzene rings is 3.